The van der Waals surface area contributed by atoms with Crippen molar-refractivity contribution < 1.29 is 4.74 Å². The standard InChI is InChI=1S/C16H28N4O/c1-18-13-6-5-7-14(15(13)16(17)19(2)3)21-12-8-10-20(4)11-9-12/h5-7,12,16,18H,8-11,17H2,1-4H3/t16-/m0/s1. The van der Waals surface area contributed by atoms with E-state index in [0.717, 1.165) is 42.9 Å². The van der Waals surface area contributed by atoms with Crippen LogP contribution in [0.1, 0.15) is 24.6 Å². The second kappa shape index (κ2) is 7.11. The number of hydrogen-bond donors (Lipinski definition) is 2. The van der Waals surface area contributed by atoms with E-state index in [-0.39, 0.29) is 12.3 Å². The molecular weight excluding hydrogens is 264 g/mol. The van der Waals surface area contributed by atoms with Gasteiger partial charge in [0.25, 0.3) is 0 Å². The van der Waals surface area contributed by atoms with Gasteiger partial charge in [0.15, 0.2) is 0 Å². The summed E-state index contributed by atoms with van der Waals surface area (Å²) in [5.41, 5.74) is 8.40. The Bertz CT molecular complexity index is 456. The highest BCUT2D eigenvalue weighted by atomic mass is 16.5. The van der Waals surface area contributed by atoms with Crippen LogP contribution in [0.2, 0.25) is 0 Å². The number of hydrogen-bond acceptors (Lipinski definition) is 5. The fraction of sp³-hybridized carbons (Fsp3) is 0.625. The quantitative estimate of drug-likeness (QED) is 0.809. The summed E-state index contributed by atoms with van der Waals surface area (Å²) in [6, 6.07) is 6.08. The van der Waals surface area contributed by atoms with E-state index in [2.05, 4.69) is 17.3 Å². The lowest BCUT2D eigenvalue weighted by Crippen LogP contribution is -2.36. The average molecular weight is 292 g/mol. The first-order valence-electron chi connectivity index (χ1n) is 7.60. The predicted molar refractivity (Wildman–Crippen MR) is 87.8 cm³/mol. The van der Waals surface area contributed by atoms with E-state index in [1.807, 2.05) is 44.2 Å². The SMILES string of the molecule is CNc1cccc(OC2CCN(C)CC2)c1[C@@H](N)N(C)C. The van der Waals surface area contributed by atoms with Gasteiger partial charge in [-0.25, -0.2) is 0 Å². The van der Waals surface area contributed by atoms with Crippen LogP contribution < -0.4 is 15.8 Å². The normalized spacial score (nSPS) is 18.8. The van der Waals surface area contributed by atoms with Gasteiger partial charge in [-0.05, 0) is 46.1 Å². The third-order valence-corrected chi connectivity index (χ3v) is 4.15. The Hall–Kier alpha value is -1.30. The van der Waals surface area contributed by atoms with Crippen molar-refractivity contribution in [3.05, 3.63) is 23.8 Å². The number of ether oxygens (including phenoxy) is 1. The summed E-state index contributed by atoms with van der Waals surface area (Å²) in [6.45, 7) is 2.18. The highest BCUT2D eigenvalue weighted by Crippen LogP contribution is 2.33. The Kier molecular flexibility index (Phi) is 5.45. The zero-order valence-corrected chi connectivity index (χ0v) is 13.6. The van der Waals surface area contributed by atoms with Gasteiger partial charge in [-0.2, -0.15) is 0 Å². The first-order valence-corrected chi connectivity index (χ1v) is 7.60. The van der Waals surface area contributed by atoms with E-state index in [0.29, 0.717) is 0 Å². The molecule has 2 rings (SSSR count). The summed E-state index contributed by atoms with van der Waals surface area (Å²) in [5.74, 6) is 0.901. The number of piperidine rings is 1. The zero-order chi connectivity index (χ0) is 15.4. The molecule has 0 radical (unpaired) electrons. The largest absolute Gasteiger partial charge is 0.490 e. The van der Waals surface area contributed by atoms with Crippen molar-refractivity contribution in [2.24, 2.45) is 5.73 Å². The summed E-state index contributed by atoms with van der Waals surface area (Å²) in [6.07, 6.45) is 2.23. The Labute approximate surface area is 128 Å². The van der Waals surface area contributed by atoms with Crippen LogP contribution >= 0.6 is 0 Å². The van der Waals surface area contributed by atoms with Crippen molar-refractivity contribution in [3.8, 4) is 5.75 Å². The van der Waals surface area contributed by atoms with Crippen LogP contribution in [0, 0.1) is 0 Å². The first-order chi connectivity index (χ1) is 10.0. The number of likely N-dealkylation sites (tertiary alicyclic amines) is 1. The molecule has 21 heavy (non-hydrogen) atoms. The van der Waals surface area contributed by atoms with Crippen molar-refractivity contribution in [1.29, 1.82) is 0 Å². The van der Waals surface area contributed by atoms with Gasteiger partial charge in [0.2, 0.25) is 0 Å². The van der Waals surface area contributed by atoms with E-state index in [9.17, 15) is 0 Å². The van der Waals surface area contributed by atoms with Crippen LogP contribution in [0.25, 0.3) is 0 Å². The van der Waals surface area contributed by atoms with Gasteiger partial charge < -0.3 is 20.7 Å². The van der Waals surface area contributed by atoms with E-state index < -0.39 is 0 Å². The smallest absolute Gasteiger partial charge is 0.127 e. The maximum atomic E-state index is 6.34. The third-order valence-electron chi connectivity index (χ3n) is 4.15. The molecule has 0 bridgehead atoms. The number of nitrogens with one attached hydrogen (secondary N) is 1. The maximum Gasteiger partial charge on any atom is 0.127 e. The summed E-state index contributed by atoms with van der Waals surface area (Å²) in [5, 5.41) is 3.22. The molecule has 1 fully saturated rings. The second-order valence-electron chi connectivity index (χ2n) is 6.00. The van der Waals surface area contributed by atoms with E-state index >= 15 is 0 Å². The van der Waals surface area contributed by atoms with Crippen LogP contribution in [0.15, 0.2) is 18.2 Å². The van der Waals surface area contributed by atoms with Crippen LogP contribution in [0.3, 0.4) is 0 Å². The molecule has 3 N–H and O–H groups in total. The molecule has 1 heterocycles. The van der Waals surface area contributed by atoms with Crippen LogP contribution in [-0.4, -0.2) is 57.2 Å². The average Bonchev–Trinajstić information content (AvgIpc) is 2.48. The fourth-order valence-electron chi connectivity index (χ4n) is 2.71. The highest BCUT2D eigenvalue weighted by Gasteiger charge is 2.23. The number of benzene rings is 1. The monoisotopic (exact) mass is 292 g/mol. The molecule has 1 atom stereocenters. The Morgan fingerprint density at radius 1 is 1.33 bits per heavy atom. The molecule has 0 aliphatic carbocycles. The van der Waals surface area contributed by atoms with E-state index in [1.54, 1.807) is 0 Å². The van der Waals surface area contributed by atoms with Crippen LogP contribution in [-0.2, 0) is 0 Å². The zero-order valence-electron chi connectivity index (χ0n) is 13.6. The van der Waals surface area contributed by atoms with E-state index in [4.69, 9.17) is 10.5 Å². The topological polar surface area (TPSA) is 53.8 Å². The molecule has 0 aromatic heterocycles. The molecule has 0 amide bonds. The van der Waals surface area contributed by atoms with Crippen molar-refractivity contribution in [1.82, 2.24) is 9.80 Å². The second-order valence-corrected chi connectivity index (χ2v) is 6.00. The van der Waals surface area contributed by atoms with Gasteiger partial charge in [0.05, 0.1) is 6.17 Å². The number of rotatable bonds is 5. The minimum atomic E-state index is -0.185. The van der Waals surface area contributed by atoms with E-state index in [1.165, 1.54) is 0 Å². The summed E-state index contributed by atoms with van der Waals surface area (Å²) >= 11 is 0. The molecule has 0 spiro atoms. The van der Waals surface area contributed by atoms with Gasteiger partial charge in [0, 0.05) is 31.4 Å². The molecule has 1 saturated heterocycles. The van der Waals surface area contributed by atoms with Crippen molar-refractivity contribution in [2.45, 2.75) is 25.1 Å². The molecular formula is C16H28N4O. The maximum absolute atomic E-state index is 6.34. The molecule has 5 heteroatoms. The third kappa shape index (κ3) is 3.87. The van der Waals surface area contributed by atoms with Gasteiger partial charge in [-0.15, -0.1) is 0 Å². The molecule has 0 saturated carbocycles. The number of nitrogens with zero attached hydrogens (tertiary/aromatic N) is 2. The van der Waals surface area contributed by atoms with Crippen molar-refractivity contribution in [3.63, 3.8) is 0 Å². The Morgan fingerprint density at radius 2 is 2.00 bits per heavy atom. The molecule has 118 valence electrons. The predicted octanol–water partition coefficient (Wildman–Crippen LogP) is 1.72. The van der Waals surface area contributed by atoms with Gasteiger partial charge in [-0.3, -0.25) is 4.90 Å². The molecule has 1 aliphatic heterocycles. The lowest BCUT2D eigenvalue weighted by Gasteiger charge is -2.31. The molecule has 1 aromatic carbocycles. The van der Waals surface area contributed by atoms with Gasteiger partial charge >= 0.3 is 0 Å². The van der Waals surface area contributed by atoms with Crippen molar-refractivity contribution in [2.75, 3.05) is 46.6 Å². The van der Waals surface area contributed by atoms with Gasteiger partial charge in [0.1, 0.15) is 11.9 Å². The molecule has 0 unspecified atom stereocenters. The summed E-state index contributed by atoms with van der Waals surface area (Å²) in [4.78, 5) is 4.34. The molecule has 1 aliphatic rings. The lowest BCUT2D eigenvalue weighted by atomic mass is 10.1. The summed E-state index contributed by atoms with van der Waals surface area (Å²) in [7, 11) is 8.04. The lowest BCUT2D eigenvalue weighted by molar-refractivity contribution is 0.111. The minimum Gasteiger partial charge on any atom is -0.490 e. The van der Waals surface area contributed by atoms with Crippen LogP contribution in [0.4, 0.5) is 5.69 Å². The molecule has 1 aromatic rings. The number of anilines is 1. The van der Waals surface area contributed by atoms with Gasteiger partial charge in [-0.1, -0.05) is 6.07 Å². The Balaban J connectivity index is 2.22. The van der Waals surface area contributed by atoms with Crippen molar-refractivity contribution >= 4 is 5.69 Å². The Morgan fingerprint density at radius 3 is 2.57 bits per heavy atom. The fourth-order valence-corrected chi connectivity index (χ4v) is 2.71. The van der Waals surface area contributed by atoms with Crippen LogP contribution in [0.5, 0.6) is 5.75 Å². The highest BCUT2D eigenvalue weighted by molar-refractivity contribution is 5.58. The minimum absolute atomic E-state index is 0.185. The summed E-state index contributed by atoms with van der Waals surface area (Å²) < 4.78 is 6.28. The first kappa shape index (κ1) is 16.1. The molecule has 5 nitrogen and oxygen atoms in total. The number of nitrogens with two attached hydrogens (primary N) is 1.